The third kappa shape index (κ3) is 10.4. The minimum atomic E-state index is -0.750. The zero-order valence-electron chi connectivity index (χ0n) is 31.1. The minimum Gasteiger partial charge on any atom is -0.388 e. The van der Waals surface area contributed by atoms with Crippen LogP contribution in [0.15, 0.2) is 48.8 Å². The van der Waals surface area contributed by atoms with Gasteiger partial charge in [-0.3, -0.25) is 14.4 Å². The summed E-state index contributed by atoms with van der Waals surface area (Å²) in [5.74, 6) is -0.394. The molecule has 0 aliphatic carbocycles. The molecule has 0 bridgehead atoms. The highest BCUT2D eigenvalue weighted by atomic mass is 16.5. The Morgan fingerprint density at radius 1 is 0.959 bits per heavy atom. The van der Waals surface area contributed by atoms with Gasteiger partial charge in [-0.05, 0) is 42.2 Å². The largest absolute Gasteiger partial charge is 0.388 e. The molecule has 2 aromatic rings. The fraction of sp³-hybridized carbons (Fsp3) is 0.667. The van der Waals surface area contributed by atoms with Crippen LogP contribution in [-0.4, -0.2) is 94.6 Å². The number of hydrogen-bond acceptors (Lipinski definition) is 8. The van der Waals surface area contributed by atoms with E-state index in [9.17, 15) is 19.5 Å². The van der Waals surface area contributed by atoms with Crippen LogP contribution in [0.25, 0.3) is 0 Å². The summed E-state index contributed by atoms with van der Waals surface area (Å²) in [5, 5.41) is 10.9. The average Bonchev–Trinajstić information content (AvgIpc) is 3.60. The van der Waals surface area contributed by atoms with E-state index in [1.54, 1.807) is 37.6 Å². The lowest BCUT2D eigenvalue weighted by Crippen LogP contribution is -2.54. The molecule has 1 fully saturated rings. The number of aromatic nitrogens is 2. The van der Waals surface area contributed by atoms with Gasteiger partial charge >= 0.3 is 0 Å². The second-order valence-electron chi connectivity index (χ2n) is 14.3. The lowest BCUT2D eigenvalue weighted by molar-refractivity contribution is -0.148. The maximum atomic E-state index is 14.1. The minimum absolute atomic E-state index is 0.000907. The Hall–Kier alpha value is -3.21. The van der Waals surface area contributed by atoms with Gasteiger partial charge in [0.05, 0.1) is 36.8 Å². The van der Waals surface area contributed by atoms with Crippen molar-refractivity contribution >= 4 is 17.6 Å². The number of carbonyl (C=O) groups excluding carboxylic acids is 3. The third-order valence-corrected chi connectivity index (χ3v) is 10.7. The van der Waals surface area contributed by atoms with Crippen molar-refractivity contribution in [3.8, 4) is 0 Å². The molecule has 10 nitrogen and oxygen atoms in total. The lowest BCUT2D eigenvalue weighted by atomic mass is 9.85. The number of likely N-dealkylation sites (tertiary alicyclic amines) is 1. The highest BCUT2D eigenvalue weighted by Gasteiger charge is 2.43. The SMILES string of the molecule is CC[C@H](C)[C@@H]([C@@H](CC(=O)N1CCC[C@H]1[C@H](OC)[C@@H](C)C(=O)C[C@H](C)[C@@H](O)c1ccccc1)OC)N(C)C(=O)[C@@H](Cc1ncccn1)C(C)C. The molecule has 9 atom stereocenters. The van der Waals surface area contributed by atoms with E-state index in [2.05, 4.69) is 23.8 Å². The van der Waals surface area contributed by atoms with E-state index < -0.39 is 24.2 Å². The predicted molar refractivity (Wildman–Crippen MR) is 190 cm³/mol. The first-order chi connectivity index (χ1) is 23.4. The van der Waals surface area contributed by atoms with Gasteiger partial charge in [0.2, 0.25) is 11.8 Å². The smallest absolute Gasteiger partial charge is 0.226 e. The first-order valence-electron chi connectivity index (χ1n) is 18.0. The number of ketones is 1. The Bertz CT molecular complexity index is 1310. The van der Waals surface area contributed by atoms with E-state index >= 15 is 0 Å². The summed E-state index contributed by atoms with van der Waals surface area (Å²) < 4.78 is 12.0. The van der Waals surface area contributed by atoms with Crippen LogP contribution in [0.1, 0.15) is 91.1 Å². The number of methoxy groups -OCH3 is 2. The van der Waals surface area contributed by atoms with Gasteiger partial charge in [0, 0.05) is 64.9 Å². The summed E-state index contributed by atoms with van der Waals surface area (Å²) in [6, 6.07) is 10.5. The summed E-state index contributed by atoms with van der Waals surface area (Å²) in [6.45, 7) is 12.6. The average molecular weight is 681 g/mol. The van der Waals surface area contributed by atoms with Gasteiger partial charge in [-0.15, -0.1) is 0 Å². The Labute approximate surface area is 294 Å². The Kier molecular flexibility index (Phi) is 15.8. The first kappa shape index (κ1) is 40.2. The molecular formula is C39H60N4O6. The third-order valence-electron chi connectivity index (χ3n) is 10.7. The molecule has 1 aromatic heterocycles. The summed E-state index contributed by atoms with van der Waals surface area (Å²) in [5.41, 5.74) is 0.784. The van der Waals surface area contributed by atoms with Crippen molar-refractivity contribution in [2.24, 2.45) is 29.6 Å². The molecule has 2 heterocycles. The maximum absolute atomic E-state index is 14.1. The molecule has 272 valence electrons. The van der Waals surface area contributed by atoms with Crippen molar-refractivity contribution < 1.29 is 29.0 Å². The quantitative estimate of drug-likeness (QED) is 0.205. The van der Waals surface area contributed by atoms with Gasteiger partial charge in [-0.1, -0.05) is 78.3 Å². The van der Waals surface area contributed by atoms with Crippen molar-refractivity contribution in [1.29, 1.82) is 0 Å². The summed E-state index contributed by atoms with van der Waals surface area (Å²) in [4.78, 5) is 54.1. The Balaban J connectivity index is 1.74. The zero-order chi connectivity index (χ0) is 36.2. The number of nitrogens with zero attached hydrogens (tertiary/aromatic N) is 4. The fourth-order valence-electron chi connectivity index (χ4n) is 7.44. The Morgan fingerprint density at radius 3 is 2.18 bits per heavy atom. The maximum Gasteiger partial charge on any atom is 0.226 e. The summed E-state index contributed by atoms with van der Waals surface area (Å²) >= 11 is 0. The number of hydrogen-bond donors (Lipinski definition) is 1. The van der Waals surface area contributed by atoms with Gasteiger partial charge in [0.25, 0.3) is 0 Å². The molecule has 49 heavy (non-hydrogen) atoms. The van der Waals surface area contributed by atoms with Crippen molar-refractivity contribution in [2.75, 3.05) is 27.8 Å². The summed E-state index contributed by atoms with van der Waals surface area (Å²) in [6.07, 6.45) is 4.70. The normalized spacial score (nSPS) is 19.8. The lowest BCUT2D eigenvalue weighted by Gasteiger charge is -2.40. The number of likely N-dealkylation sites (N-methyl/N-ethyl adjacent to an activating group) is 1. The van der Waals surface area contributed by atoms with Gasteiger partial charge in [-0.2, -0.15) is 0 Å². The topological polar surface area (TPSA) is 122 Å². The number of benzene rings is 1. The zero-order valence-corrected chi connectivity index (χ0v) is 31.1. The fourth-order valence-corrected chi connectivity index (χ4v) is 7.44. The van der Waals surface area contributed by atoms with Gasteiger partial charge in [0.1, 0.15) is 11.6 Å². The van der Waals surface area contributed by atoms with E-state index in [1.807, 2.05) is 70.0 Å². The van der Waals surface area contributed by atoms with Crippen molar-refractivity contribution in [3.63, 3.8) is 0 Å². The standard InChI is InChI=1S/C39H60N4O6/c1-10-26(4)36(42(7)39(47)30(25(2)3)23-34-40-19-15-20-41-34)33(48-8)24-35(45)43-21-14-18-31(43)38(49-9)28(6)32(44)22-27(5)37(46)29-16-12-11-13-17-29/h11-13,15-17,19-20,25-28,30-31,33,36-38,46H,10,14,18,21-24H2,1-9H3/t26-,27-,28-,30-,31-,33+,36-,37+,38+/m0/s1. The van der Waals surface area contributed by atoms with Gasteiger partial charge in [0.15, 0.2) is 0 Å². The molecule has 1 N–H and O–H groups in total. The number of carbonyl (C=O) groups is 3. The van der Waals surface area contributed by atoms with Crippen LogP contribution in [-0.2, 0) is 30.3 Å². The Morgan fingerprint density at radius 2 is 1.61 bits per heavy atom. The van der Waals surface area contributed by atoms with Crippen LogP contribution in [0, 0.1) is 29.6 Å². The monoisotopic (exact) mass is 680 g/mol. The molecule has 1 aliphatic rings. The van der Waals surface area contributed by atoms with Gasteiger partial charge in [-0.25, -0.2) is 9.97 Å². The van der Waals surface area contributed by atoms with Crippen molar-refractivity contribution in [1.82, 2.24) is 19.8 Å². The van der Waals surface area contributed by atoms with Gasteiger partial charge < -0.3 is 24.4 Å². The molecule has 1 saturated heterocycles. The molecule has 0 radical (unpaired) electrons. The van der Waals surface area contributed by atoms with Crippen LogP contribution in [0.2, 0.25) is 0 Å². The van der Waals surface area contributed by atoms with Crippen LogP contribution >= 0.6 is 0 Å². The van der Waals surface area contributed by atoms with Crippen LogP contribution in [0.5, 0.6) is 0 Å². The van der Waals surface area contributed by atoms with Crippen molar-refractivity contribution in [3.05, 3.63) is 60.2 Å². The number of aliphatic hydroxyl groups is 1. The second kappa shape index (κ2) is 19.3. The van der Waals surface area contributed by atoms with E-state index in [0.29, 0.717) is 18.8 Å². The van der Waals surface area contributed by atoms with E-state index in [1.165, 1.54) is 0 Å². The molecule has 3 rings (SSSR count). The highest BCUT2D eigenvalue weighted by Crippen LogP contribution is 2.32. The number of rotatable bonds is 19. The molecule has 1 aromatic carbocycles. The predicted octanol–water partition coefficient (Wildman–Crippen LogP) is 5.54. The molecule has 2 amide bonds. The highest BCUT2D eigenvalue weighted by molar-refractivity contribution is 5.82. The number of amides is 2. The number of aliphatic hydroxyl groups excluding tert-OH is 1. The summed E-state index contributed by atoms with van der Waals surface area (Å²) in [7, 11) is 5.02. The molecule has 10 heteroatoms. The number of Topliss-reactive ketones (excluding diaryl/α,β-unsaturated/α-hetero) is 1. The van der Waals surface area contributed by atoms with E-state index in [0.717, 1.165) is 24.8 Å². The van der Waals surface area contributed by atoms with E-state index in [4.69, 9.17) is 9.47 Å². The number of ether oxygens (including phenoxy) is 2. The second-order valence-corrected chi connectivity index (χ2v) is 14.3. The first-order valence-corrected chi connectivity index (χ1v) is 18.0. The molecule has 1 aliphatic heterocycles. The van der Waals surface area contributed by atoms with Crippen molar-refractivity contribution in [2.45, 2.75) is 110 Å². The molecule has 0 unspecified atom stereocenters. The molecular weight excluding hydrogens is 620 g/mol. The molecule has 0 spiro atoms. The van der Waals surface area contributed by atoms with E-state index in [-0.39, 0.29) is 66.2 Å². The molecule has 0 saturated carbocycles. The van der Waals surface area contributed by atoms with Crippen LogP contribution in [0.3, 0.4) is 0 Å². The van der Waals surface area contributed by atoms with Crippen LogP contribution < -0.4 is 0 Å². The van der Waals surface area contributed by atoms with Crippen LogP contribution in [0.4, 0.5) is 0 Å².